The Hall–Kier alpha value is -1.25. The fraction of sp³-hybridized carbons (Fsp3) is 0.143. The van der Waals surface area contributed by atoms with Gasteiger partial charge in [0.15, 0.2) is 5.78 Å². The normalized spacial score (nSPS) is 16.2. The number of Topliss-reactive ketones (excluding diaryl/α,β-unsaturated/α-hetero) is 1. The molecule has 0 spiro atoms. The van der Waals surface area contributed by atoms with Crippen LogP contribution >= 0.6 is 0 Å². The number of allylic oxidation sites excluding steroid dienone is 1. The second kappa shape index (κ2) is 2.56. The Bertz CT molecular complexity index is 206. The SMILES string of the molecule is [CH2]C(=O)C1=CN(C)C=CN1. The summed E-state index contributed by atoms with van der Waals surface area (Å²) in [7, 11) is 1.85. The maximum atomic E-state index is 10.6. The predicted octanol–water partition coefficient (Wildman–Crippen LogP) is 0.237. The minimum atomic E-state index is -0.198. The Morgan fingerprint density at radius 1 is 1.80 bits per heavy atom. The van der Waals surface area contributed by atoms with Crippen LogP contribution in [-0.2, 0) is 4.79 Å². The molecule has 0 aromatic heterocycles. The third kappa shape index (κ3) is 1.37. The number of nitrogens with one attached hydrogen (secondary N) is 1. The van der Waals surface area contributed by atoms with Gasteiger partial charge in [0.25, 0.3) is 0 Å². The summed E-state index contributed by atoms with van der Waals surface area (Å²) in [6.07, 6.45) is 5.19. The van der Waals surface area contributed by atoms with Crippen LogP contribution in [0.1, 0.15) is 0 Å². The first-order chi connectivity index (χ1) is 4.70. The van der Waals surface area contributed by atoms with Gasteiger partial charge in [-0.1, -0.05) is 0 Å². The van der Waals surface area contributed by atoms with Crippen LogP contribution in [0.4, 0.5) is 0 Å². The third-order valence-electron chi connectivity index (χ3n) is 1.18. The summed E-state index contributed by atoms with van der Waals surface area (Å²) in [5, 5.41) is 2.78. The minimum Gasteiger partial charge on any atom is -0.356 e. The minimum absolute atomic E-state index is 0.198. The number of ketones is 1. The summed E-state index contributed by atoms with van der Waals surface area (Å²) in [6.45, 7) is 3.27. The molecule has 10 heavy (non-hydrogen) atoms. The lowest BCUT2D eigenvalue weighted by molar-refractivity contribution is -0.111. The summed E-state index contributed by atoms with van der Waals surface area (Å²) < 4.78 is 0. The van der Waals surface area contributed by atoms with E-state index in [9.17, 15) is 4.79 Å². The number of nitrogens with zero attached hydrogens (tertiary/aromatic N) is 1. The van der Waals surface area contributed by atoms with Gasteiger partial charge in [-0.15, -0.1) is 0 Å². The Labute approximate surface area is 60.0 Å². The molecule has 53 valence electrons. The van der Waals surface area contributed by atoms with Crippen LogP contribution in [-0.4, -0.2) is 17.7 Å². The molecule has 0 amide bonds. The van der Waals surface area contributed by atoms with Crippen LogP contribution in [0.25, 0.3) is 0 Å². The Morgan fingerprint density at radius 3 is 2.90 bits per heavy atom. The van der Waals surface area contributed by atoms with Crippen molar-refractivity contribution in [3.05, 3.63) is 31.2 Å². The van der Waals surface area contributed by atoms with Crippen molar-refractivity contribution in [1.82, 2.24) is 10.2 Å². The maximum absolute atomic E-state index is 10.6. The second-order valence-electron chi connectivity index (χ2n) is 2.09. The number of hydrogen-bond donors (Lipinski definition) is 1. The van der Waals surface area contributed by atoms with Gasteiger partial charge in [-0.2, -0.15) is 0 Å². The molecule has 0 unspecified atom stereocenters. The smallest absolute Gasteiger partial charge is 0.180 e. The first-order valence-electron chi connectivity index (χ1n) is 2.93. The number of hydrogen-bond acceptors (Lipinski definition) is 3. The molecule has 0 fully saturated rings. The molecule has 0 aromatic carbocycles. The molecule has 0 bridgehead atoms. The van der Waals surface area contributed by atoms with Crippen LogP contribution in [0, 0.1) is 6.92 Å². The molecule has 0 atom stereocenters. The molecule has 1 aliphatic rings. The van der Waals surface area contributed by atoms with E-state index in [-0.39, 0.29) is 5.78 Å². The van der Waals surface area contributed by atoms with Gasteiger partial charge in [-0.05, 0) is 0 Å². The molecule has 0 saturated carbocycles. The summed E-state index contributed by atoms with van der Waals surface area (Å²) in [5.74, 6) is -0.198. The second-order valence-corrected chi connectivity index (χ2v) is 2.09. The van der Waals surface area contributed by atoms with E-state index in [4.69, 9.17) is 0 Å². The van der Waals surface area contributed by atoms with E-state index in [1.165, 1.54) is 0 Å². The molecule has 0 saturated heterocycles. The lowest BCUT2D eigenvalue weighted by Crippen LogP contribution is -2.21. The monoisotopic (exact) mass is 137 g/mol. The first-order valence-corrected chi connectivity index (χ1v) is 2.93. The summed E-state index contributed by atoms with van der Waals surface area (Å²) in [4.78, 5) is 12.4. The van der Waals surface area contributed by atoms with Crippen molar-refractivity contribution in [3.8, 4) is 0 Å². The van der Waals surface area contributed by atoms with Gasteiger partial charge in [0, 0.05) is 32.6 Å². The van der Waals surface area contributed by atoms with Crippen LogP contribution in [0.15, 0.2) is 24.3 Å². The van der Waals surface area contributed by atoms with Crippen molar-refractivity contribution in [1.29, 1.82) is 0 Å². The van der Waals surface area contributed by atoms with Crippen molar-refractivity contribution in [3.63, 3.8) is 0 Å². The fourth-order valence-corrected chi connectivity index (χ4v) is 0.681. The highest BCUT2D eigenvalue weighted by Gasteiger charge is 2.04. The molecule has 3 nitrogen and oxygen atoms in total. The average molecular weight is 137 g/mol. The topological polar surface area (TPSA) is 32.3 Å². The van der Waals surface area contributed by atoms with E-state index in [1.54, 1.807) is 17.3 Å². The molecule has 1 heterocycles. The summed E-state index contributed by atoms with van der Waals surface area (Å²) >= 11 is 0. The largest absolute Gasteiger partial charge is 0.356 e. The fourth-order valence-electron chi connectivity index (χ4n) is 0.681. The van der Waals surface area contributed by atoms with E-state index in [2.05, 4.69) is 12.2 Å². The van der Waals surface area contributed by atoms with Gasteiger partial charge in [-0.25, -0.2) is 0 Å². The van der Waals surface area contributed by atoms with Crippen LogP contribution < -0.4 is 5.32 Å². The van der Waals surface area contributed by atoms with E-state index >= 15 is 0 Å². The Kier molecular flexibility index (Phi) is 1.76. The quantitative estimate of drug-likeness (QED) is 0.561. The van der Waals surface area contributed by atoms with Crippen molar-refractivity contribution in [2.24, 2.45) is 0 Å². The zero-order chi connectivity index (χ0) is 7.56. The first kappa shape index (κ1) is 6.86. The average Bonchev–Trinajstić information content (AvgIpc) is 1.88. The molecule has 3 heteroatoms. The highest BCUT2D eigenvalue weighted by atomic mass is 16.1. The van der Waals surface area contributed by atoms with Crippen LogP contribution in [0.2, 0.25) is 0 Å². The summed E-state index contributed by atoms with van der Waals surface area (Å²) in [6, 6.07) is 0. The van der Waals surface area contributed by atoms with Crippen molar-refractivity contribution in [2.45, 2.75) is 0 Å². The third-order valence-corrected chi connectivity index (χ3v) is 1.18. The van der Waals surface area contributed by atoms with E-state index in [0.29, 0.717) is 5.70 Å². The van der Waals surface area contributed by atoms with Crippen LogP contribution in [0.3, 0.4) is 0 Å². The highest BCUT2D eigenvalue weighted by Crippen LogP contribution is 1.99. The molecule has 1 aliphatic heterocycles. The zero-order valence-electron chi connectivity index (χ0n) is 5.79. The highest BCUT2D eigenvalue weighted by molar-refractivity contribution is 5.98. The maximum Gasteiger partial charge on any atom is 0.180 e. The number of rotatable bonds is 1. The Balaban J connectivity index is 2.71. The molecular weight excluding hydrogens is 128 g/mol. The van der Waals surface area contributed by atoms with Gasteiger partial charge in [0.1, 0.15) is 0 Å². The molecule has 0 aromatic rings. The van der Waals surface area contributed by atoms with E-state index < -0.39 is 0 Å². The Morgan fingerprint density at radius 2 is 2.50 bits per heavy atom. The number of carbonyl (C=O) groups is 1. The van der Waals surface area contributed by atoms with Gasteiger partial charge < -0.3 is 10.2 Å². The summed E-state index contributed by atoms with van der Waals surface area (Å²) in [5.41, 5.74) is 0.519. The standard InChI is InChI=1S/C7H9N2O/c1-6(10)7-5-9(2)4-3-8-7/h3-5,8H,1H2,2H3. The van der Waals surface area contributed by atoms with Crippen molar-refractivity contribution < 1.29 is 4.79 Å². The lowest BCUT2D eigenvalue weighted by Gasteiger charge is -2.15. The molecule has 1 radical (unpaired) electrons. The zero-order valence-corrected chi connectivity index (χ0v) is 5.79. The van der Waals surface area contributed by atoms with Gasteiger partial charge in [0.05, 0.1) is 5.70 Å². The molecule has 1 rings (SSSR count). The van der Waals surface area contributed by atoms with E-state index in [1.807, 2.05) is 13.2 Å². The van der Waals surface area contributed by atoms with E-state index in [0.717, 1.165) is 0 Å². The van der Waals surface area contributed by atoms with Crippen molar-refractivity contribution in [2.75, 3.05) is 7.05 Å². The van der Waals surface area contributed by atoms with Gasteiger partial charge in [-0.3, -0.25) is 4.79 Å². The molecular formula is C7H9N2O. The van der Waals surface area contributed by atoms with Gasteiger partial charge in [0.2, 0.25) is 0 Å². The van der Waals surface area contributed by atoms with Crippen LogP contribution in [0.5, 0.6) is 0 Å². The lowest BCUT2D eigenvalue weighted by atomic mass is 10.3. The molecule has 1 N–H and O–H groups in total. The number of carbonyl (C=O) groups excluding carboxylic acids is 1. The van der Waals surface area contributed by atoms with Gasteiger partial charge >= 0.3 is 0 Å². The predicted molar refractivity (Wildman–Crippen MR) is 38.5 cm³/mol. The van der Waals surface area contributed by atoms with Crippen molar-refractivity contribution >= 4 is 5.78 Å². The molecule has 0 aliphatic carbocycles.